The first-order valence-electron chi connectivity index (χ1n) is 15.5. The number of pyridine rings is 2. The second kappa shape index (κ2) is 13.8. The Balaban J connectivity index is 1.18. The Kier molecular flexibility index (Phi) is 9.22. The Hall–Kier alpha value is -5.60. The van der Waals surface area contributed by atoms with Crippen molar-refractivity contribution in [3.05, 3.63) is 144 Å². The molecule has 0 spiro atoms. The number of nitrogens with two attached hydrogens (primary N) is 1. The normalized spacial score (nSPS) is 12.1. The zero-order valence-corrected chi connectivity index (χ0v) is 26.0. The predicted molar refractivity (Wildman–Crippen MR) is 181 cm³/mol. The summed E-state index contributed by atoms with van der Waals surface area (Å²) in [5, 5.41) is 11.3. The van der Waals surface area contributed by atoms with Crippen molar-refractivity contribution in [2.75, 3.05) is 0 Å². The van der Waals surface area contributed by atoms with Crippen molar-refractivity contribution in [1.29, 1.82) is 0 Å². The quantitative estimate of drug-likeness (QED) is 0.131. The molecule has 6 aromatic rings. The number of benzene rings is 4. The Bertz CT molecular complexity index is 1900. The van der Waals surface area contributed by atoms with Crippen LogP contribution in [0.4, 0.5) is 0 Å². The first-order valence-corrected chi connectivity index (χ1v) is 15.5. The van der Waals surface area contributed by atoms with Crippen molar-refractivity contribution >= 4 is 33.6 Å². The molecule has 47 heavy (non-hydrogen) atoms. The number of fused-ring (bicyclic) bond motifs is 2. The molecule has 3 N–H and O–H groups in total. The van der Waals surface area contributed by atoms with Gasteiger partial charge in [-0.25, -0.2) is 14.8 Å². The number of ether oxygens (including phenoxy) is 2. The van der Waals surface area contributed by atoms with Crippen LogP contribution in [0, 0.1) is 0 Å². The zero-order valence-electron chi connectivity index (χ0n) is 26.0. The highest BCUT2D eigenvalue weighted by Gasteiger charge is 2.32. The summed E-state index contributed by atoms with van der Waals surface area (Å²) in [7, 11) is 0. The fraction of sp³-hybridized carbons (Fsp3) is 0.179. The number of hydrogen-bond acceptors (Lipinski definition) is 7. The molecular formula is C39H35N3O5. The summed E-state index contributed by atoms with van der Waals surface area (Å²) in [5.41, 5.74) is 10.8. The van der Waals surface area contributed by atoms with Crippen molar-refractivity contribution in [3.63, 3.8) is 0 Å². The van der Waals surface area contributed by atoms with E-state index in [1.165, 1.54) is 0 Å². The van der Waals surface area contributed by atoms with Gasteiger partial charge in [0.1, 0.15) is 24.7 Å². The molecule has 8 nitrogen and oxygen atoms in total. The Labute approximate surface area is 272 Å². The number of nitrogens with zero attached hydrogens (tertiary/aromatic N) is 2. The SMILES string of the molecule is CC(CCC(N)C(=O)C(=O)O)(c1ccc(OCc2ccc3ccccc3n2)cc1)c1ccc(OCc2ccc3ccccc3n2)cc1. The number of carboxylic acids is 1. The van der Waals surface area contributed by atoms with Crippen molar-refractivity contribution < 1.29 is 24.2 Å². The van der Waals surface area contributed by atoms with Crippen LogP contribution >= 0.6 is 0 Å². The molecule has 0 aliphatic rings. The smallest absolute Gasteiger partial charge is 0.373 e. The van der Waals surface area contributed by atoms with E-state index in [0.29, 0.717) is 31.1 Å². The third-order valence-electron chi connectivity index (χ3n) is 8.57. The molecule has 4 aromatic carbocycles. The molecule has 2 heterocycles. The molecule has 1 unspecified atom stereocenters. The third kappa shape index (κ3) is 7.29. The first kappa shape index (κ1) is 31.4. The van der Waals surface area contributed by atoms with E-state index in [9.17, 15) is 14.7 Å². The van der Waals surface area contributed by atoms with Crippen molar-refractivity contribution in [3.8, 4) is 11.5 Å². The van der Waals surface area contributed by atoms with E-state index in [2.05, 4.69) is 16.9 Å². The Morgan fingerprint density at radius 1 is 0.681 bits per heavy atom. The lowest BCUT2D eigenvalue weighted by atomic mass is 9.72. The summed E-state index contributed by atoms with van der Waals surface area (Å²) < 4.78 is 12.1. The standard InChI is InChI=1S/C39H35N3O5/c1-39(23-22-34(40)37(43)38(44)45,28-12-18-32(19-13-28)46-24-30-16-10-26-6-2-4-8-35(26)41-30)29-14-20-33(21-15-29)47-25-31-17-11-27-7-3-5-9-36(27)42-31/h2-21,34H,22-25,40H2,1H3,(H,44,45). The van der Waals surface area contributed by atoms with Gasteiger partial charge in [-0.3, -0.25) is 4.79 Å². The summed E-state index contributed by atoms with van der Waals surface area (Å²) >= 11 is 0. The van der Waals surface area contributed by atoms with E-state index in [-0.39, 0.29) is 6.42 Å². The number of aliphatic carboxylic acids is 1. The van der Waals surface area contributed by atoms with Gasteiger partial charge in [-0.1, -0.05) is 79.7 Å². The summed E-state index contributed by atoms with van der Waals surface area (Å²) in [4.78, 5) is 32.7. The van der Waals surface area contributed by atoms with Crippen LogP contribution in [-0.2, 0) is 28.2 Å². The molecule has 0 saturated heterocycles. The molecule has 2 aromatic heterocycles. The van der Waals surface area contributed by atoms with Gasteiger partial charge in [0, 0.05) is 16.2 Å². The van der Waals surface area contributed by atoms with E-state index in [1.54, 1.807) is 0 Å². The number of aromatic nitrogens is 2. The van der Waals surface area contributed by atoms with E-state index in [0.717, 1.165) is 44.3 Å². The van der Waals surface area contributed by atoms with Crippen molar-refractivity contribution in [1.82, 2.24) is 9.97 Å². The highest BCUT2D eigenvalue weighted by atomic mass is 16.5. The third-order valence-corrected chi connectivity index (χ3v) is 8.57. The van der Waals surface area contributed by atoms with Crippen LogP contribution < -0.4 is 15.2 Å². The first-order chi connectivity index (χ1) is 22.8. The maximum Gasteiger partial charge on any atom is 0.373 e. The minimum absolute atomic E-state index is 0.194. The van der Waals surface area contributed by atoms with Gasteiger partial charge in [-0.15, -0.1) is 0 Å². The van der Waals surface area contributed by atoms with Crippen LogP contribution in [0.1, 0.15) is 42.3 Å². The average Bonchev–Trinajstić information content (AvgIpc) is 3.11. The molecule has 6 rings (SSSR count). The minimum Gasteiger partial charge on any atom is -0.487 e. The second-order valence-electron chi connectivity index (χ2n) is 11.8. The van der Waals surface area contributed by atoms with Gasteiger partial charge >= 0.3 is 5.97 Å². The van der Waals surface area contributed by atoms with E-state index < -0.39 is 23.2 Å². The molecule has 0 saturated carbocycles. The van der Waals surface area contributed by atoms with Gasteiger partial charge in [0.25, 0.3) is 5.78 Å². The lowest BCUT2D eigenvalue weighted by Gasteiger charge is -2.32. The van der Waals surface area contributed by atoms with Gasteiger partial charge in [-0.2, -0.15) is 0 Å². The number of rotatable bonds is 13. The second-order valence-corrected chi connectivity index (χ2v) is 11.8. The molecule has 8 heteroatoms. The highest BCUT2D eigenvalue weighted by molar-refractivity contribution is 6.34. The van der Waals surface area contributed by atoms with Crippen molar-refractivity contribution in [2.45, 2.75) is 44.4 Å². The van der Waals surface area contributed by atoms with Crippen LogP contribution in [0.2, 0.25) is 0 Å². The monoisotopic (exact) mass is 625 g/mol. The lowest BCUT2D eigenvalue weighted by Crippen LogP contribution is -2.37. The van der Waals surface area contributed by atoms with E-state index >= 15 is 0 Å². The molecule has 236 valence electrons. The zero-order chi connectivity index (χ0) is 32.8. The summed E-state index contributed by atoms with van der Waals surface area (Å²) in [6.07, 6.45) is 0.634. The lowest BCUT2D eigenvalue weighted by molar-refractivity contribution is -0.149. The number of hydrogen-bond donors (Lipinski definition) is 2. The average molecular weight is 626 g/mol. The topological polar surface area (TPSA) is 125 Å². The van der Waals surface area contributed by atoms with Crippen LogP contribution in [0.15, 0.2) is 121 Å². The molecule has 0 aliphatic heterocycles. The fourth-order valence-corrected chi connectivity index (χ4v) is 5.72. The molecule has 0 fully saturated rings. The largest absolute Gasteiger partial charge is 0.487 e. The van der Waals surface area contributed by atoms with E-state index in [4.69, 9.17) is 15.2 Å². The van der Waals surface area contributed by atoms with E-state index in [1.807, 2.05) is 121 Å². The Morgan fingerprint density at radius 3 is 1.57 bits per heavy atom. The Morgan fingerprint density at radius 2 is 1.13 bits per heavy atom. The fourth-order valence-electron chi connectivity index (χ4n) is 5.72. The number of carbonyl (C=O) groups excluding carboxylic acids is 1. The maximum absolute atomic E-state index is 12.1. The number of para-hydroxylation sites is 2. The van der Waals surface area contributed by atoms with Gasteiger partial charge < -0.3 is 20.3 Å². The molecule has 0 bridgehead atoms. The van der Waals surface area contributed by atoms with Crippen LogP contribution in [-0.4, -0.2) is 32.9 Å². The summed E-state index contributed by atoms with van der Waals surface area (Å²) in [5.74, 6) is -1.14. The van der Waals surface area contributed by atoms with Gasteiger partial charge in [0.05, 0.1) is 28.5 Å². The van der Waals surface area contributed by atoms with Crippen LogP contribution in [0.5, 0.6) is 11.5 Å². The molecule has 0 amide bonds. The maximum atomic E-state index is 12.1. The van der Waals surface area contributed by atoms with Gasteiger partial charge in [0.2, 0.25) is 0 Å². The summed E-state index contributed by atoms with van der Waals surface area (Å²) in [6.45, 7) is 2.71. The molecule has 0 radical (unpaired) electrons. The number of carboxylic acid groups (broad SMARTS) is 1. The van der Waals surface area contributed by atoms with Gasteiger partial charge in [0.15, 0.2) is 0 Å². The van der Waals surface area contributed by atoms with Crippen LogP contribution in [0.25, 0.3) is 21.8 Å². The molecule has 1 atom stereocenters. The summed E-state index contributed by atoms with van der Waals surface area (Å²) in [6, 6.07) is 38.4. The molecular weight excluding hydrogens is 590 g/mol. The predicted octanol–water partition coefficient (Wildman–Crippen LogP) is 7.01. The minimum atomic E-state index is -1.52. The van der Waals surface area contributed by atoms with Crippen molar-refractivity contribution in [2.24, 2.45) is 5.73 Å². The number of ketones is 1. The van der Waals surface area contributed by atoms with Crippen LogP contribution in [0.3, 0.4) is 0 Å². The highest BCUT2D eigenvalue weighted by Crippen LogP contribution is 2.38. The van der Waals surface area contributed by atoms with Gasteiger partial charge in [-0.05, 0) is 72.5 Å². The number of carbonyl (C=O) groups is 2. The number of Topliss-reactive ketones (excluding diaryl/α,β-unsaturated/α-hetero) is 1. The molecule has 0 aliphatic carbocycles.